The first-order valence-electron chi connectivity index (χ1n) is 6.05. The second-order valence-electron chi connectivity index (χ2n) is 4.70. The van der Waals surface area contributed by atoms with Gasteiger partial charge in [-0.2, -0.15) is 5.10 Å². The topological polar surface area (TPSA) is 29.9 Å². The van der Waals surface area contributed by atoms with Crippen LogP contribution in [-0.4, -0.2) is 16.3 Å². The molecule has 84 valence electrons. The maximum Gasteiger partial charge on any atom is 0.0537 e. The molecule has 1 atom stereocenters. The molecule has 0 aromatic carbocycles. The van der Waals surface area contributed by atoms with E-state index in [1.807, 2.05) is 10.9 Å². The molecule has 3 nitrogen and oxygen atoms in total. The van der Waals surface area contributed by atoms with Gasteiger partial charge >= 0.3 is 0 Å². The molecule has 0 bridgehead atoms. The van der Waals surface area contributed by atoms with Crippen LogP contribution in [0.4, 0.5) is 0 Å². The van der Waals surface area contributed by atoms with Crippen LogP contribution in [0.5, 0.6) is 0 Å². The number of hydrogen-bond acceptors (Lipinski definition) is 2. The van der Waals surface area contributed by atoms with Gasteiger partial charge in [0.25, 0.3) is 0 Å². The molecule has 1 aromatic heterocycles. The minimum atomic E-state index is 0.463. The minimum Gasteiger partial charge on any atom is -0.310 e. The van der Waals surface area contributed by atoms with Gasteiger partial charge in [-0.05, 0) is 33.2 Å². The number of rotatable bonds is 2. The first-order valence-corrected chi connectivity index (χ1v) is 6.05. The van der Waals surface area contributed by atoms with Gasteiger partial charge in [-0.25, -0.2) is 0 Å². The first kappa shape index (κ1) is 10.7. The fourth-order valence-electron chi connectivity index (χ4n) is 2.13. The molecule has 1 aliphatic heterocycles. The Balaban J connectivity index is 2.06. The van der Waals surface area contributed by atoms with Crippen molar-refractivity contribution in [2.24, 2.45) is 0 Å². The lowest BCUT2D eigenvalue weighted by atomic mass is 10.1. The zero-order valence-electron chi connectivity index (χ0n) is 9.74. The van der Waals surface area contributed by atoms with Gasteiger partial charge in [0.1, 0.15) is 0 Å². The Morgan fingerprint density at radius 3 is 3.00 bits per heavy atom. The Morgan fingerprint density at radius 2 is 2.27 bits per heavy atom. The highest BCUT2D eigenvalue weighted by Crippen LogP contribution is 2.22. The lowest BCUT2D eigenvalue weighted by molar-refractivity contribution is 0.520. The largest absolute Gasteiger partial charge is 0.310 e. The zero-order chi connectivity index (χ0) is 10.7. The van der Waals surface area contributed by atoms with E-state index in [4.69, 9.17) is 0 Å². The predicted molar refractivity (Wildman–Crippen MR) is 61.8 cm³/mol. The standard InChI is InChI=1S/C12H21N3/c1-10(2)15-9-11(8-14-15)12-6-4-3-5-7-13-12/h8-10,12-13H,3-7H2,1-2H3. The molecule has 2 heterocycles. The molecule has 3 heteroatoms. The van der Waals surface area contributed by atoms with E-state index in [1.165, 1.54) is 31.2 Å². The Kier molecular flexibility index (Phi) is 3.41. The van der Waals surface area contributed by atoms with Gasteiger partial charge in [0, 0.05) is 23.8 Å². The number of nitrogens with one attached hydrogen (secondary N) is 1. The Morgan fingerprint density at radius 1 is 1.40 bits per heavy atom. The Hall–Kier alpha value is -0.830. The highest BCUT2D eigenvalue weighted by atomic mass is 15.3. The van der Waals surface area contributed by atoms with Crippen LogP contribution in [-0.2, 0) is 0 Å². The van der Waals surface area contributed by atoms with E-state index in [0.717, 1.165) is 6.54 Å². The highest BCUT2D eigenvalue weighted by Gasteiger charge is 2.15. The fourth-order valence-corrected chi connectivity index (χ4v) is 2.13. The van der Waals surface area contributed by atoms with Crippen molar-refractivity contribution >= 4 is 0 Å². The first-order chi connectivity index (χ1) is 7.27. The fraction of sp³-hybridized carbons (Fsp3) is 0.750. The molecule has 0 spiro atoms. The maximum atomic E-state index is 4.40. The van der Waals surface area contributed by atoms with Crippen molar-refractivity contribution in [3.05, 3.63) is 18.0 Å². The average molecular weight is 207 g/mol. The van der Waals surface area contributed by atoms with Crippen molar-refractivity contribution in [1.82, 2.24) is 15.1 Å². The van der Waals surface area contributed by atoms with Gasteiger partial charge in [0.15, 0.2) is 0 Å². The zero-order valence-corrected chi connectivity index (χ0v) is 9.74. The Labute approximate surface area is 91.9 Å². The third kappa shape index (κ3) is 2.59. The molecule has 1 aromatic rings. The SMILES string of the molecule is CC(C)n1cc(C2CCCCCN2)cn1. The molecule has 1 saturated heterocycles. The molecular formula is C12H21N3. The van der Waals surface area contributed by atoms with Crippen LogP contribution in [0.15, 0.2) is 12.4 Å². The summed E-state index contributed by atoms with van der Waals surface area (Å²) < 4.78 is 2.04. The molecule has 1 N–H and O–H groups in total. The lowest BCUT2D eigenvalue weighted by Gasteiger charge is -2.13. The second-order valence-corrected chi connectivity index (χ2v) is 4.70. The van der Waals surface area contributed by atoms with E-state index in [2.05, 4.69) is 30.5 Å². The number of nitrogens with zero attached hydrogens (tertiary/aromatic N) is 2. The summed E-state index contributed by atoms with van der Waals surface area (Å²) in [6.07, 6.45) is 9.47. The van der Waals surface area contributed by atoms with Gasteiger partial charge in [0.05, 0.1) is 6.20 Å². The molecule has 1 fully saturated rings. The van der Waals surface area contributed by atoms with E-state index < -0.39 is 0 Å². The highest BCUT2D eigenvalue weighted by molar-refractivity contribution is 5.11. The van der Waals surface area contributed by atoms with Crippen LogP contribution < -0.4 is 5.32 Å². The van der Waals surface area contributed by atoms with Gasteiger partial charge in [-0.3, -0.25) is 4.68 Å². The van der Waals surface area contributed by atoms with E-state index in [-0.39, 0.29) is 0 Å². The van der Waals surface area contributed by atoms with Crippen molar-refractivity contribution < 1.29 is 0 Å². The smallest absolute Gasteiger partial charge is 0.0537 e. The van der Waals surface area contributed by atoms with Crippen LogP contribution >= 0.6 is 0 Å². The quantitative estimate of drug-likeness (QED) is 0.808. The van der Waals surface area contributed by atoms with Gasteiger partial charge in [0.2, 0.25) is 0 Å². The van der Waals surface area contributed by atoms with Crippen LogP contribution in [0.2, 0.25) is 0 Å². The van der Waals surface area contributed by atoms with Crippen LogP contribution in [0.3, 0.4) is 0 Å². The second kappa shape index (κ2) is 4.79. The summed E-state index contributed by atoms with van der Waals surface area (Å²) in [5.41, 5.74) is 1.35. The van der Waals surface area contributed by atoms with Crippen LogP contribution in [0.1, 0.15) is 57.2 Å². The molecule has 0 saturated carbocycles. The predicted octanol–water partition coefficient (Wildman–Crippen LogP) is 2.67. The van der Waals surface area contributed by atoms with Crippen LogP contribution in [0, 0.1) is 0 Å². The van der Waals surface area contributed by atoms with E-state index >= 15 is 0 Å². The maximum absolute atomic E-state index is 4.40. The summed E-state index contributed by atoms with van der Waals surface area (Å²) in [7, 11) is 0. The third-order valence-corrected chi connectivity index (χ3v) is 3.11. The van der Waals surface area contributed by atoms with Gasteiger partial charge in [-0.15, -0.1) is 0 Å². The summed E-state index contributed by atoms with van der Waals surface area (Å²) >= 11 is 0. The molecular weight excluding hydrogens is 186 g/mol. The molecule has 1 aliphatic rings. The van der Waals surface area contributed by atoms with E-state index in [9.17, 15) is 0 Å². The monoisotopic (exact) mass is 207 g/mol. The summed E-state index contributed by atoms with van der Waals surface area (Å²) in [4.78, 5) is 0. The number of hydrogen-bond donors (Lipinski definition) is 1. The van der Waals surface area contributed by atoms with Crippen molar-refractivity contribution in [2.75, 3.05) is 6.54 Å². The van der Waals surface area contributed by atoms with Crippen LogP contribution in [0.25, 0.3) is 0 Å². The summed E-state index contributed by atoms with van der Waals surface area (Å²) in [5, 5.41) is 7.99. The number of aromatic nitrogens is 2. The van der Waals surface area contributed by atoms with Gasteiger partial charge < -0.3 is 5.32 Å². The normalized spacial score (nSPS) is 23.0. The summed E-state index contributed by atoms with van der Waals surface area (Å²) in [6.45, 7) is 5.48. The Bertz CT molecular complexity index is 296. The van der Waals surface area contributed by atoms with Crippen molar-refractivity contribution in [2.45, 2.75) is 51.6 Å². The molecule has 0 radical (unpaired) electrons. The minimum absolute atomic E-state index is 0.463. The van der Waals surface area contributed by atoms with Crippen molar-refractivity contribution in [3.8, 4) is 0 Å². The summed E-state index contributed by atoms with van der Waals surface area (Å²) in [6, 6.07) is 0.990. The van der Waals surface area contributed by atoms with Gasteiger partial charge in [-0.1, -0.05) is 12.8 Å². The van der Waals surface area contributed by atoms with E-state index in [0.29, 0.717) is 12.1 Å². The third-order valence-electron chi connectivity index (χ3n) is 3.11. The van der Waals surface area contributed by atoms with Crippen molar-refractivity contribution in [1.29, 1.82) is 0 Å². The van der Waals surface area contributed by atoms with E-state index in [1.54, 1.807) is 0 Å². The van der Waals surface area contributed by atoms with Crippen molar-refractivity contribution in [3.63, 3.8) is 0 Å². The molecule has 0 amide bonds. The summed E-state index contributed by atoms with van der Waals surface area (Å²) in [5.74, 6) is 0. The molecule has 1 unspecified atom stereocenters. The molecule has 2 rings (SSSR count). The molecule has 15 heavy (non-hydrogen) atoms. The average Bonchev–Trinajstić information content (AvgIpc) is 2.55. The lowest BCUT2D eigenvalue weighted by Crippen LogP contribution is -2.19. The molecule has 0 aliphatic carbocycles.